The van der Waals surface area contributed by atoms with E-state index in [0.29, 0.717) is 29.5 Å². The third kappa shape index (κ3) is 4.07. The monoisotopic (exact) mass is 536 g/mol. The fourth-order valence-corrected chi connectivity index (χ4v) is 15.0. The van der Waals surface area contributed by atoms with Crippen molar-refractivity contribution in [3.8, 4) is 0 Å². The molecule has 0 amide bonds. The number of ether oxygens (including phenoxy) is 1. The van der Waals surface area contributed by atoms with Crippen LogP contribution in [0, 0.1) is 16.7 Å². The van der Waals surface area contributed by atoms with Crippen molar-refractivity contribution in [3.05, 3.63) is 30.3 Å². The Morgan fingerprint density at radius 2 is 1.44 bits per heavy atom. The molecule has 0 radical (unpaired) electrons. The Hall–Kier alpha value is -1.35. The zero-order chi connectivity index (χ0) is 27.3. The minimum Gasteiger partial charge on any atom is -0.415 e. The Labute approximate surface area is 218 Å². The van der Waals surface area contributed by atoms with Gasteiger partial charge in [-0.05, 0) is 41.6 Å². The van der Waals surface area contributed by atoms with Gasteiger partial charge in [-0.3, -0.25) is 9.59 Å². The van der Waals surface area contributed by atoms with Crippen molar-refractivity contribution in [1.82, 2.24) is 0 Å². The molecule has 2 fully saturated rings. The highest BCUT2D eigenvalue weighted by Gasteiger charge is 2.71. The number of hydrogen-bond acceptors (Lipinski definition) is 6. The first kappa shape index (κ1) is 29.2. The van der Waals surface area contributed by atoms with Crippen molar-refractivity contribution in [2.24, 2.45) is 16.7 Å². The van der Waals surface area contributed by atoms with E-state index in [1.54, 1.807) is 39.2 Å². The van der Waals surface area contributed by atoms with Crippen LogP contribution < -0.4 is 0 Å². The van der Waals surface area contributed by atoms with Crippen LogP contribution in [0.25, 0.3) is 0 Å². The third-order valence-corrected chi connectivity index (χ3v) is 17.6. The molecule has 36 heavy (non-hydrogen) atoms. The van der Waals surface area contributed by atoms with Gasteiger partial charge < -0.3 is 9.16 Å². The number of carbonyl (C=O) groups is 2. The van der Waals surface area contributed by atoms with E-state index in [0.717, 1.165) is 0 Å². The van der Waals surface area contributed by atoms with Crippen LogP contribution in [0.3, 0.4) is 0 Å². The zero-order valence-electron chi connectivity index (χ0n) is 23.3. The van der Waals surface area contributed by atoms with E-state index < -0.39 is 52.0 Å². The van der Waals surface area contributed by atoms with Gasteiger partial charge in [0.2, 0.25) is 0 Å². The van der Waals surface area contributed by atoms with Crippen LogP contribution in [0.2, 0.25) is 16.6 Å². The van der Waals surface area contributed by atoms with Crippen LogP contribution in [0.15, 0.2) is 35.2 Å². The average molecular weight is 537 g/mol. The zero-order valence-corrected chi connectivity index (χ0v) is 25.1. The van der Waals surface area contributed by atoms with Crippen molar-refractivity contribution >= 4 is 29.7 Å². The summed E-state index contributed by atoms with van der Waals surface area (Å²) >= 11 is 0. The van der Waals surface area contributed by atoms with E-state index in [1.807, 2.05) is 0 Å². The van der Waals surface area contributed by atoms with Gasteiger partial charge in [0.25, 0.3) is 0 Å². The Bertz CT molecular complexity index is 1060. The molecule has 2 saturated carbocycles. The number of rotatable bonds is 9. The van der Waals surface area contributed by atoms with Crippen molar-refractivity contribution in [2.45, 2.75) is 101 Å². The number of benzene rings is 1. The maximum atomic E-state index is 14.4. The molecule has 8 heteroatoms. The molecule has 2 unspecified atom stereocenters. The lowest BCUT2D eigenvalue weighted by atomic mass is 9.48. The second-order valence-electron chi connectivity index (χ2n) is 12.1. The van der Waals surface area contributed by atoms with Gasteiger partial charge in [-0.15, -0.1) is 0 Å². The van der Waals surface area contributed by atoms with Gasteiger partial charge in [-0.25, -0.2) is 8.42 Å². The van der Waals surface area contributed by atoms with Gasteiger partial charge in [0.15, 0.2) is 23.9 Å². The molecule has 0 aliphatic heterocycles. The molecule has 0 saturated heterocycles. The minimum absolute atomic E-state index is 0.0791. The summed E-state index contributed by atoms with van der Waals surface area (Å²) in [7, 11) is -4.84. The predicted molar refractivity (Wildman–Crippen MR) is 144 cm³/mol. The molecule has 0 heterocycles. The fraction of sp³-hybridized carbons (Fsp3) is 0.714. The summed E-state index contributed by atoms with van der Waals surface area (Å²) in [6.07, 6.45) is 0.297. The number of carbonyl (C=O) groups excluding carboxylic acids is 2. The maximum absolute atomic E-state index is 14.4. The third-order valence-electron chi connectivity index (χ3n) is 9.37. The van der Waals surface area contributed by atoms with Gasteiger partial charge in [0, 0.05) is 18.4 Å². The molecule has 2 aliphatic rings. The van der Waals surface area contributed by atoms with Gasteiger partial charge in [0.05, 0.1) is 23.0 Å². The lowest BCUT2D eigenvalue weighted by Crippen LogP contribution is -2.72. The largest absolute Gasteiger partial charge is 0.415 e. The van der Waals surface area contributed by atoms with E-state index in [4.69, 9.17) is 9.16 Å². The van der Waals surface area contributed by atoms with Gasteiger partial charge in [0.1, 0.15) is 11.0 Å². The molecule has 3 rings (SSSR count). The van der Waals surface area contributed by atoms with E-state index in [9.17, 15) is 18.0 Å². The van der Waals surface area contributed by atoms with E-state index in [1.165, 1.54) is 12.1 Å². The molecule has 4 atom stereocenters. The Balaban J connectivity index is 2.15. The molecule has 0 N–H and O–H groups in total. The number of sulfone groups is 1. The first-order chi connectivity index (χ1) is 16.6. The predicted octanol–water partition coefficient (Wildman–Crippen LogP) is 5.61. The lowest BCUT2D eigenvalue weighted by molar-refractivity contribution is -0.186. The molecule has 1 aromatic carbocycles. The van der Waals surface area contributed by atoms with Crippen molar-refractivity contribution in [3.63, 3.8) is 0 Å². The second-order valence-corrected chi connectivity index (χ2v) is 19.6. The van der Waals surface area contributed by atoms with Gasteiger partial charge >= 0.3 is 0 Å². The molecular weight excluding hydrogens is 492 g/mol. The summed E-state index contributed by atoms with van der Waals surface area (Å²) in [5.74, 6) is -1.51. The highest BCUT2D eigenvalue weighted by atomic mass is 32.2. The van der Waals surface area contributed by atoms with Crippen LogP contribution in [0.5, 0.6) is 0 Å². The molecule has 0 spiro atoms. The summed E-state index contributed by atoms with van der Waals surface area (Å²) in [4.78, 5) is 28.7. The van der Waals surface area contributed by atoms with Gasteiger partial charge in [-0.2, -0.15) is 0 Å². The van der Waals surface area contributed by atoms with E-state index in [-0.39, 0.29) is 17.3 Å². The number of hydrogen-bond donors (Lipinski definition) is 0. The molecule has 1 aromatic rings. The summed E-state index contributed by atoms with van der Waals surface area (Å²) in [6.45, 7) is 16.6. The second kappa shape index (κ2) is 10.1. The quantitative estimate of drug-likeness (QED) is 0.381. The number of Topliss-reactive ketones (excluding diaryl/α,β-unsaturated/α-hetero) is 2. The van der Waals surface area contributed by atoms with Crippen LogP contribution in [-0.4, -0.2) is 53.4 Å². The van der Waals surface area contributed by atoms with Gasteiger partial charge in [-0.1, -0.05) is 73.6 Å². The summed E-state index contributed by atoms with van der Waals surface area (Å²) in [6, 6.07) is 8.01. The molecule has 6 nitrogen and oxygen atoms in total. The SMILES string of the molecule is COC1CC[C@@H]2C(=O)[C@@]1(CO[Si](C(C)C)(C(C)C)C(C)C)C(C)(C)C(=O)C2S(=O)(=O)c1ccccc1. The van der Waals surface area contributed by atoms with Crippen LogP contribution in [0.1, 0.15) is 68.2 Å². The Morgan fingerprint density at radius 3 is 1.92 bits per heavy atom. The minimum atomic E-state index is -4.04. The van der Waals surface area contributed by atoms with Crippen LogP contribution >= 0.6 is 0 Å². The highest BCUT2D eigenvalue weighted by Crippen LogP contribution is 2.58. The first-order valence-corrected chi connectivity index (χ1v) is 16.9. The lowest BCUT2D eigenvalue weighted by Gasteiger charge is -2.58. The van der Waals surface area contributed by atoms with Crippen molar-refractivity contribution in [2.75, 3.05) is 13.7 Å². The number of fused-ring (bicyclic) bond motifs is 2. The summed E-state index contributed by atoms with van der Waals surface area (Å²) in [5.41, 5.74) is -1.60. The topological polar surface area (TPSA) is 86.7 Å². The summed E-state index contributed by atoms with van der Waals surface area (Å²) in [5, 5.41) is -1.39. The smallest absolute Gasteiger partial charge is 0.200 e. The number of ketones is 2. The standard InChI is InChI=1S/C28H44O6SSi/c1-18(2)36(19(3)4,20(5)6)34-17-28-23(33-9)16-15-22(25(28)29)24(26(30)27(28,7)8)35(31,32)21-13-11-10-12-14-21/h10-14,18-20,22-24H,15-17H2,1-9H3/t22-,23?,24?,28-/m0/s1. The van der Waals surface area contributed by atoms with E-state index >= 15 is 0 Å². The van der Waals surface area contributed by atoms with Crippen LogP contribution in [0.4, 0.5) is 0 Å². The Kier molecular flexibility index (Phi) is 8.18. The molecule has 2 aliphatic carbocycles. The first-order valence-electron chi connectivity index (χ1n) is 13.2. The fourth-order valence-electron chi connectivity index (χ4n) is 7.47. The van der Waals surface area contributed by atoms with E-state index in [2.05, 4.69) is 41.5 Å². The molecule has 202 valence electrons. The number of methoxy groups -OCH3 is 1. The molecule has 2 bridgehead atoms. The highest BCUT2D eigenvalue weighted by molar-refractivity contribution is 7.93. The maximum Gasteiger partial charge on any atom is 0.200 e. The van der Waals surface area contributed by atoms with Crippen molar-refractivity contribution in [1.29, 1.82) is 0 Å². The molecular formula is C28H44O6SSi. The Morgan fingerprint density at radius 1 is 0.917 bits per heavy atom. The normalized spacial score (nSPS) is 28.8. The molecule has 0 aromatic heterocycles. The van der Waals surface area contributed by atoms with Crippen molar-refractivity contribution < 1.29 is 27.2 Å². The summed E-state index contributed by atoms with van der Waals surface area (Å²) < 4.78 is 40.3. The average Bonchev–Trinajstić information content (AvgIpc) is 2.80. The van der Waals surface area contributed by atoms with Crippen LogP contribution in [-0.2, 0) is 28.6 Å².